The molecule has 0 heterocycles. The molecule has 1 aliphatic carbocycles. The van der Waals surface area contributed by atoms with Crippen LogP contribution >= 0.6 is 11.6 Å². The fraction of sp³-hybridized carbons (Fsp3) is 0.455. The Balaban J connectivity index is 3.35. The molecule has 0 saturated carbocycles. The predicted molar refractivity (Wildman–Crippen MR) is 62.9 cm³/mol. The van der Waals surface area contributed by atoms with Crippen LogP contribution in [0, 0.1) is 5.41 Å². The number of carboxylic acid groups (broad SMARTS) is 2. The lowest BCUT2D eigenvalue weighted by Crippen LogP contribution is -2.41. The van der Waals surface area contributed by atoms with Crippen LogP contribution in [0.25, 0.3) is 0 Å². The van der Waals surface area contributed by atoms with Crippen LogP contribution in [0.3, 0.4) is 0 Å². The third-order valence-electron chi connectivity index (χ3n) is 2.77. The molecule has 6 heteroatoms. The van der Waals surface area contributed by atoms with Crippen molar-refractivity contribution in [2.75, 3.05) is 14.1 Å². The first kappa shape index (κ1) is 13.6. The minimum Gasteiger partial charge on any atom is -0.481 e. The number of likely N-dealkylation sites (N-methyl/N-ethyl adjacent to an activating group) is 1. The summed E-state index contributed by atoms with van der Waals surface area (Å²) in [6.45, 7) is 1.41. The van der Waals surface area contributed by atoms with Gasteiger partial charge in [0.15, 0.2) is 0 Å². The third kappa shape index (κ3) is 2.29. The lowest BCUT2D eigenvalue weighted by atomic mass is 9.78. The van der Waals surface area contributed by atoms with E-state index in [9.17, 15) is 14.7 Å². The Labute approximate surface area is 104 Å². The standard InChI is InChI=1S/C11H14ClNO4/c1-11(10(16)17)5-6(13(2)3)4-7(8(11)12)9(14)15/h4-5,8H,1-3H3,(H,14,15)(H,16,17). The molecule has 0 aromatic carbocycles. The van der Waals surface area contributed by atoms with Gasteiger partial charge in [-0.3, -0.25) is 4.79 Å². The van der Waals surface area contributed by atoms with E-state index in [-0.39, 0.29) is 5.57 Å². The van der Waals surface area contributed by atoms with E-state index in [1.54, 1.807) is 19.0 Å². The van der Waals surface area contributed by atoms with E-state index in [1.165, 1.54) is 19.1 Å². The Bertz CT molecular complexity index is 427. The van der Waals surface area contributed by atoms with Crippen LogP contribution < -0.4 is 0 Å². The van der Waals surface area contributed by atoms with Gasteiger partial charge >= 0.3 is 11.9 Å². The first-order valence-electron chi connectivity index (χ1n) is 4.92. The van der Waals surface area contributed by atoms with Crippen molar-refractivity contribution in [3.05, 3.63) is 23.4 Å². The van der Waals surface area contributed by atoms with Crippen molar-refractivity contribution in [1.82, 2.24) is 4.90 Å². The molecule has 0 amide bonds. The van der Waals surface area contributed by atoms with E-state index in [0.29, 0.717) is 5.70 Å². The topological polar surface area (TPSA) is 77.8 Å². The van der Waals surface area contributed by atoms with Crippen molar-refractivity contribution in [1.29, 1.82) is 0 Å². The van der Waals surface area contributed by atoms with Crippen LogP contribution in [0.5, 0.6) is 0 Å². The van der Waals surface area contributed by atoms with Gasteiger partial charge in [-0.1, -0.05) is 0 Å². The summed E-state index contributed by atoms with van der Waals surface area (Å²) in [6, 6.07) is 0. The summed E-state index contributed by atoms with van der Waals surface area (Å²) >= 11 is 5.96. The number of allylic oxidation sites excluding steroid dienone is 1. The monoisotopic (exact) mass is 259 g/mol. The first-order valence-corrected chi connectivity index (χ1v) is 5.36. The zero-order valence-electron chi connectivity index (χ0n) is 9.77. The van der Waals surface area contributed by atoms with Crippen molar-refractivity contribution in [2.45, 2.75) is 12.3 Å². The zero-order valence-corrected chi connectivity index (χ0v) is 10.5. The number of carbonyl (C=O) groups is 2. The van der Waals surface area contributed by atoms with Crippen molar-refractivity contribution in [3.63, 3.8) is 0 Å². The number of rotatable bonds is 3. The molecule has 2 N–H and O–H groups in total. The number of hydrogen-bond acceptors (Lipinski definition) is 3. The van der Waals surface area contributed by atoms with Gasteiger partial charge in [-0.05, 0) is 19.1 Å². The van der Waals surface area contributed by atoms with Crippen LogP contribution in [-0.4, -0.2) is 46.5 Å². The van der Waals surface area contributed by atoms with Crippen LogP contribution in [0.15, 0.2) is 23.4 Å². The lowest BCUT2D eigenvalue weighted by Gasteiger charge is -2.33. The summed E-state index contributed by atoms with van der Waals surface area (Å²) < 4.78 is 0. The normalized spacial score (nSPS) is 28.1. The van der Waals surface area contributed by atoms with E-state index < -0.39 is 22.7 Å². The molecule has 0 spiro atoms. The molecule has 0 radical (unpaired) electrons. The van der Waals surface area contributed by atoms with E-state index in [1.807, 2.05) is 0 Å². The largest absolute Gasteiger partial charge is 0.481 e. The molecule has 0 aromatic heterocycles. The molecule has 2 unspecified atom stereocenters. The van der Waals surface area contributed by atoms with Crippen molar-refractivity contribution < 1.29 is 19.8 Å². The Kier molecular flexibility index (Phi) is 3.52. The average Bonchev–Trinajstić information content (AvgIpc) is 2.20. The second kappa shape index (κ2) is 4.41. The van der Waals surface area contributed by atoms with Crippen LogP contribution in [-0.2, 0) is 9.59 Å². The maximum absolute atomic E-state index is 11.3. The second-order valence-electron chi connectivity index (χ2n) is 4.32. The van der Waals surface area contributed by atoms with Crippen LogP contribution in [0.4, 0.5) is 0 Å². The molecule has 0 fully saturated rings. The molecule has 1 aliphatic rings. The minimum atomic E-state index is -1.43. The molecule has 1 rings (SSSR count). The summed E-state index contributed by atoms with van der Waals surface area (Å²) in [5.74, 6) is -2.35. The first-order chi connectivity index (χ1) is 7.70. The van der Waals surface area contributed by atoms with Gasteiger partial charge in [0.2, 0.25) is 0 Å². The maximum atomic E-state index is 11.3. The summed E-state index contributed by atoms with van der Waals surface area (Å²) in [4.78, 5) is 24.0. The fourth-order valence-corrected chi connectivity index (χ4v) is 1.89. The lowest BCUT2D eigenvalue weighted by molar-refractivity contribution is -0.145. The predicted octanol–water partition coefficient (Wildman–Crippen LogP) is 1.15. The maximum Gasteiger partial charge on any atom is 0.333 e. The SMILES string of the molecule is CN(C)C1=CC(C)(C(=O)O)C(Cl)C(C(=O)O)=C1. The Morgan fingerprint density at radius 1 is 1.41 bits per heavy atom. The van der Waals surface area contributed by atoms with Gasteiger partial charge < -0.3 is 15.1 Å². The number of carboxylic acids is 2. The van der Waals surface area contributed by atoms with Gasteiger partial charge in [-0.2, -0.15) is 0 Å². The van der Waals surface area contributed by atoms with Gasteiger partial charge in [-0.15, -0.1) is 11.6 Å². The van der Waals surface area contributed by atoms with E-state index in [0.717, 1.165) is 0 Å². The summed E-state index contributed by atoms with van der Waals surface area (Å²) in [5, 5.41) is 17.1. The summed E-state index contributed by atoms with van der Waals surface area (Å²) in [7, 11) is 3.41. The fourth-order valence-electron chi connectivity index (χ4n) is 1.58. The number of alkyl halides is 1. The Morgan fingerprint density at radius 2 is 1.94 bits per heavy atom. The van der Waals surface area contributed by atoms with E-state index in [2.05, 4.69) is 0 Å². The highest BCUT2D eigenvalue weighted by Gasteiger charge is 2.45. The third-order valence-corrected chi connectivity index (χ3v) is 3.46. The minimum absolute atomic E-state index is 0.109. The number of halogens is 1. The highest BCUT2D eigenvalue weighted by molar-refractivity contribution is 6.27. The van der Waals surface area contributed by atoms with Crippen LogP contribution in [0.2, 0.25) is 0 Å². The molecule has 0 saturated heterocycles. The smallest absolute Gasteiger partial charge is 0.333 e. The quantitative estimate of drug-likeness (QED) is 0.744. The highest BCUT2D eigenvalue weighted by atomic mass is 35.5. The van der Waals surface area contributed by atoms with Gasteiger partial charge in [-0.25, -0.2) is 4.79 Å². The van der Waals surface area contributed by atoms with Crippen molar-refractivity contribution >= 4 is 23.5 Å². The molecular formula is C11H14ClNO4. The number of nitrogens with zero attached hydrogens (tertiary/aromatic N) is 1. The number of hydrogen-bond donors (Lipinski definition) is 2. The van der Waals surface area contributed by atoms with Crippen molar-refractivity contribution in [3.8, 4) is 0 Å². The van der Waals surface area contributed by atoms with Crippen LogP contribution in [0.1, 0.15) is 6.92 Å². The van der Waals surface area contributed by atoms with Gasteiger partial charge in [0.25, 0.3) is 0 Å². The number of aliphatic carboxylic acids is 2. The molecule has 2 atom stereocenters. The summed E-state index contributed by atoms with van der Waals surface area (Å²) in [6.07, 6.45) is 2.87. The highest BCUT2D eigenvalue weighted by Crippen LogP contribution is 2.38. The van der Waals surface area contributed by atoms with Gasteiger partial charge in [0, 0.05) is 19.8 Å². The molecule has 0 aromatic rings. The molecule has 0 aliphatic heterocycles. The second-order valence-corrected chi connectivity index (χ2v) is 4.76. The van der Waals surface area contributed by atoms with Gasteiger partial charge in [0.1, 0.15) is 5.41 Å². The van der Waals surface area contributed by atoms with Gasteiger partial charge in [0.05, 0.1) is 11.0 Å². The molecule has 5 nitrogen and oxygen atoms in total. The van der Waals surface area contributed by atoms with E-state index >= 15 is 0 Å². The molecule has 94 valence electrons. The molecule has 17 heavy (non-hydrogen) atoms. The van der Waals surface area contributed by atoms with E-state index in [4.69, 9.17) is 16.7 Å². The zero-order chi connectivity index (χ0) is 13.4. The summed E-state index contributed by atoms with van der Waals surface area (Å²) in [5.41, 5.74) is -1.02. The van der Waals surface area contributed by atoms with Crippen molar-refractivity contribution in [2.24, 2.45) is 5.41 Å². The molecular weight excluding hydrogens is 246 g/mol. The Hall–Kier alpha value is -1.49. The Morgan fingerprint density at radius 3 is 2.29 bits per heavy atom. The molecule has 0 bridgehead atoms. The average molecular weight is 260 g/mol.